The molecule has 0 aliphatic carbocycles. The van der Waals surface area contributed by atoms with Gasteiger partial charge in [-0.05, 0) is 44.0 Å². The van der Waals surface area contributed by atoms with E-state index in [4.69, 9.17) is 11.6 Å². The summed E-state index contributed by atoms with van der Waals surface area (Å²) in [5.74, 6) is 0. The van der Waals surface area contributed by atoms with Crippen LogP contribution in [0.1, 0.15) is 28.6 Å². The van der Waals surface area contributed by atoms with Gasteiger partial charge in [0, 0.05) is 10.7 Å². The van der Waals surface area contributed by atoms with Gasteiger partial charge in [0.05, 0.1) is 18.3 Å². The van der Waals surface area contributed by atoms with E-state index in [1.165, 1.54) is 5.56 Å². The first kappa shape index (κ1) is 13.1. The molecule has 0 saturated heterocycles. The third kappa shape index (κ3) is 2.57. The molecule has 1 N–H and O–H groups in total. The van der Waals surface area contributed by atoms with Crippen LogP contribution in [0.5, 0.6) is 0 Å². The third-order valence-corrected chi connectivity index (χ3v) is 3.56. The van der Waals surface area contributed by atoms with Crippen molar-refractivity contribution in [3.8, 4) is 0 Å². The SMILES string of the molecule is Cc1nn(CC(O)c2cccc(Cl)c2)c(C)c1C. The van der Waals surface area contributed by atoms with Crippen molar-refractivity contribution in [2.45, 2.75) is 33.4 Å². The minimum Gasteiger partial charge on any atom is -0.386 e. The summed E-state index contributed by atoms with van der Waals surface area (Å²) < 4.78 is 1.84. The molecule has 0 spiro atoms. The Morgan fingerprint density at radius 3 is 2.61 bits per heavy atom. The molecule has 96 valence electrons. The second-order valence-corrected chi connectivity index (χ2v) is 4.99. The number of benzene rings is 1. The summed E-state index contributed by atoms with van der Waals surface area (Å²) >= 11 is 5.92. The molecule has 18 heavy (non-hydrogen) atoms. The maximum Gasteiger partial charge on any atom is 0.0986 e. The van der Waals surface area contributed by atoms with Crippen molar-refractivity contribution in [3.05, 3.63) is 51.8 Å². The maximum atomic E-state index is 10.2. The lowest BCUT2D eigenvalue weighted by Gasteiger charge is -2.13. The van der Waals surface area contributed by atoms with E-state index in [1.807, 2.05) is 37.6 Å². The molecule has 1 heterocycles. The number of aliphatic hydroxyl groups excluding tert-OH is 1. The highest BCUT2D eigenvalue weighted by molar-refractivity contribution is 6.30. The lowest BCUT2D eigenvalue weighted by molar-refractivity contribution is 0.150. The fraction of sp³-hybridized carbons (Fsp3) is 0.357. The molecular formula is C14H17ClN2O. The molecule has 0 saturated carbocycles. The van der Waals surface area contributed by atoms with Crippen LogP contribution in [0.25, 0.3) is 0 Å². The molecule has 0 aliphatic heterocycles. The van der Waals surface area contributed by atoms with Gasteiger partial charge in [0.2, 0.25) is 0 Å². The second kappa shape index (κ2) is 5.12. The zero-order valence-electron chi connectivity index (χ0n) is 10.8. The van der Waals surface area contributed by atoms with Gasteiger partial charge >= 0.3 is 0 Å². The zero-order valence-corrected chi connectivity index (χ0v) is 11.6. The normalized spacial score (nSPS) is 12.7. The van der Waals surface area contributed by atoms with Crippen molar-refractivity contribution in [2.75, 3.05) is 0 Å². The Balaban J connectivity index is 2.21. The number of aryl methyl sites for hydroxylation is 1. The zero-order chi connectivity index (χ0) is 13.3. The van der Waals surface area contributed by atoms with Gasteiger partial charge in [-0.2, -0.15) is 5.10 Å². The fourth-order valence-corrected chi connectivity index (χ4v) is 2.15. The van der Waals surface area contributed by atoms with Crippen molar-refractivity contribution in [1.29, 1.82) is 0 Å². The first-order valence-electron chi connectivity index (χ1n) is 5.93. The number of hydrogen-bond donors (Lipinski definition) is 1. The minimum absolute atomic E-state index is 0.445. The lowest BCUT2D eigenvalue weighted by atomic mass is 10.1. The molecule has 2 aromatic rings. The Labute approximate surface area is 112 Å². The van der Waals surface area contributed by atoms with E-state index >= 15 is 0 Å². The average molecular weight is 265 g/mol. The molecule has 0 aliphatic rings. The number of aliphatic hydroxyl groups is 1. The Hall–Kier alpha value is -1.32. The van der Waals surface area contributed by atoms with E-state index in [9.17, 15) is 5.11 Å². The van der Waals surface area contributed by atoms with Gasteiger partial charge in [0.1, 0.15) is 0 Å². The van der Waals surface area contributed by atoms with Crippen molar-refractivity contribution in [1.82, 2.24) is 9.78 Å². The average Bonchev–Trinajstić information content (AvgIpc) is 2.57. The summed E-state index contributed by atoms with van der Waals surface area (Å²) in [7, 11) is 0. The van der Waals surface area contributed by atoms with Crippen LogP contribution in [0, 0.1) is 20.8 Å². The highest BCUT2D eigenvalue weighted by atomic mass is 35.5. The number of nitrogens with zero attached hydrogens (tertiary/aromatic N) is 2. The predicted molar refractivity (Wildman–Crippen MR) is 72.8 cm³/mol. The van der Waals surface area contributed by atoms with Crippen molar-refractivity contribution in [2.24, 2.45) is 0 Å². The van der Waals surface area contributed by atoms with Crippen LogP contribution in [0.15, 0.2) is 24.3 Å². The predicted octanol–water partition coefficient (Wildman–Crippen LogP) is 3.20. The summed E-state index contributed by atoms with van der Waals surface area (Å²) in [5.41, 5.74) is 4.08. The van der Waals surface area contributed by atoms with E-state index in [0.717, 1.165) is 17.0 Å². The fourth-order valence-electron chi connectivity index (χ4n) is 1.95. The highest BCUT2D eigenvalue weighted by Gasteiger charge is 2.13. The molecule has 1 atom stereocenters. The summed E-state index contributed by atoms with van der Waals surface area (Å²) in [5, 5.41) is 15.3. The van der Waals surface area contributed by atoms with E-state index in [-0.39, 0.29) is 0 Å². The van der Waals surface area contributed by atoms with Gasteiger partial charge in [0.15, 0.2) is 0 Å². The molecule has 3 nitrogen and oxygen atoms in total. The van der Waals surface area contributed by atoms with Crippen LogP contribution in [0.3, 0.4) is 0 Å². The summed E-state index contributed by atoms with van der Waals surface area (Å²) in [6.45, 7) is 6.48. The Bertz CT molecular complexity index is 563. The van der Waals surface area contributed by atoms with Crippen LogP contribution in [0.2, 0.25) is 5.02 Å². The van der Waals surface area contributed by atoms with E-state index in [0.29, 0.717) is 11.6 Å². The molecule has 1 aromatic heterocycles. The Kier molecular flexibility index (Phi) is 3.73. The summed E-state index contributed by atoms with van der Waals surface area (Å²) in [6.07, 6.45) is -0.596. The molecule has 0 bridgehead atoms. The highest BCUT2D eigenvalue weighted by Crippen LogP contribution is 2.20. The lowest BCUT2D eigenvalue weighted by Crippen LogP contribution is -2.11. The number of hydrogen-bond acceptors (Lipinski definition) is 2. The summed E-state index contributed by atoms with van der Waals surface area (Å²) in [6, 6.07) is 7.29. The number of rotatable bonds is 3. The molecule has 2 rings (SSSR count). The molecule has 4 heteroatoms. The number of aromatic nitrogens is 2. The van der Waals surface area contributed by atoms with Crippen molar-refractivity contribution < 1.29 is 5.11 Å². The third-order valence-electron chi connectivity index (χ3n) is 3.32. The van der Waals surface area contributed by atoms with Gasteiger partial charge in [-0.25, -0.2) is 0 Å². The van der Waals surface area contributed by atoms with Gasteiger partial charge in [-0.3, -0.25) is 4.68 Å². The van der Waals surface area contributed by atoms with E-state index in [1.54, 1.807) is 12.1 Å². The van der Waals surface area contributed by atoms with Crippen LogP contribution < -0.4 is 0 Å². The van der Waals surface area contributed by atoms with Crippen molar-refractivity contribution >= 4 is 11.6 Å². The van der Waals surface area contributed by atoms with Gasteiger partial charge in [-0.15, -0.1) is 0 Å². The van der Waals surface area contributed by atoms with Gasteiger partial charge in [-0.1, -0.05) is 23.7 Å². The van der Waals surface area contributed by atoms with Gasteiger partial charge in [0.25, 0.3) is 0 Å². The van der Waals surface area contributed by atoms with Crippen LogP contribution in [0.4, 0.5) is 0 Å². The molecule has 0 radical (unpaired) electrons. The quantitative estimate of drug-likeness (QED) is 0.925. The van der Waals surface area contributed by atoms with Crippen LogP contribution in [-0.4, -0.2) is 14.9 Å². The molecule has 0 amide bonds. The first-order chi connectivity index (χ1) is 8.49. The smallest absolute Gasteiger partial charge is 0.0986 e. The van der Waals surface area contributed by atoms with E-state index < -0.39 is 6.10 Å². The largest absolute Gasteiger partial charge is 0.386 e. The number of halogens is 1. The monoisotopic (exact) mass is 264 g/mol. The molecule has 1 aromatic carbocycles. The van der Waals surface area contributed by atoms with Gasteiger partial charge < -0.3 is 5.11 Å². The van der Waals surface area contributed by atoms with Crippen LogP contribution >= 0.6 is 11.6 Å². The minimum atomic E-state index is -0.596. The summed E-state index contributed by atoms with van der Waals surface area (Å²) in [4.78, 5) is 0. The topological polar surface area (TPSA) is 38.0 Å². The first-order valence-corrected chi connectivity index (χ1v) is 6.31. The second-order valence-electron chi connectivity index (χ2n) is 4.55. The van der Waals surface area contributed by atoms with Crippen LogP contribution in [-0.2, 0) is 6.54 Å². The maximum absolute atomic E-state index is 10.2. The molecular weight excluding hydrogens is 248 g/mol. The molecule has 0 fully saturated rings. The Morgan fingerprint density at radius 1 is 1.33 bits per heavy atom. The van der Waals surface area contributed by atoms with E-state index in [2.05, 4.69) is 5.10 Å². The standard InChI is InChI=1S/C14H17ClN2O/c1-9-10(2)16-17(11(9)3)8-14(18)12-5-4-6-13(15)7-12/h4-7,14,18H,8H2,1-3H3. The Morgan fingerprint density at radius 2 is 2.06 bits per heavy atom. The van der Waals surface area contributed by atoms with Crippen molar-refractivity contribution in [3.63, 3.8) is 0 Å². The molecule has 1 unspecified atom stereocenters.